The normalized spacial score (nSPS) is 11.1. The van der Waals surface area contributed by atoms with Crippen molar-refractivity contribution in [1.82, 2.24) is 5.32 Å². The molecular formula is C8H17NO4. The highest BCUT2D eigenvalue weighted by atomic mass is 16.8. The number of aliphatic hydroxyl groups is 2. The van der Waals surface area contributed by atoms with Crippen LogP contribution in [0.3, 0.4) is 0 Å². The van der Waals surface area contributed by atoms with E-state index in [-0.39, 0.29) is 6.42 Å². The SMILES string of the molecule is CCCCNC(=O)OC(O)(O)CC. The molecule has 3 N–H and O–H groups in total. The highest BCUT2D eigenvalue weighted by Crippen LogP contribution is 2.06. The fourth-order valence-corrected chi connectivity index (χ4v) is 0.624. The molecule has 0 aromatic rings. The number of alkyl carbamates (subject to hydrolysis) is 1. The largest absolute Gasteiger partial charge is 0.411 e. The van der Waals surface area contributed by atoms with Crippen molar-refractivity contribution < 1.29 is 19.7 Å². The minimum atomic E-state index is -2.35. The third kappa shape index (κ3) is 6.36. The highest BCUT2D eigenvalue weighted by Gasteiger charge is 2.25. The van der Waals surface area contributed by atoms with Crippen LogP contribution in [-0.4, -0.2) is 28.8 Å². The van der Waals surface area contributed by atoms with Crippen LogP contribution >= 0.6 is 0 Å². The lowest BCUT2D eigenvalue weighted by Crippen LogP contribution is -2.38. The van der Waals surface area contributed by atoms with Gasteiger partial charge < -0.3 is 20.3 Å². The van der Waals surface area contributed by atoms with Crippen molar-refractivity contribution in [3.8, 4) is 0 Å². The fourth-order valence-electron chi connectivity index (χ4n) is 0.624. The smallest absolute Gasteiger partial charge is 0.392 e. The molecule has 0 saturated carbocycles. The number of nitrogens with one attached hydrogen (secondary N) is 1. The number of hydrogen-bond donors (Lipinski definition) is 3. The van der Waals surface area contributed by atoms with E-state index in [1.54, 1.807) is 0 Å². The number of carbonyl (C=O) groups is 1. The molecule has 0 aromatic heterocycles. The summed E-state index contributed by atoms with van der Waals surface area (Å²) in [6, 6.07) is 0. The first-order valence-corrected chi connectivity index (χ1v) is 4.43. The third-order valence-corrected chi connectivity index (χ3v) is 1.52. The zero-order valence-electron chi connectivity index (χ0n) is 8.04. The van der Waals surface area contributed by atoms with Gasteiger partial charge in [0, 0.05) is 13.0 Å². The molecule has 0 aliphatic rings. The Morgan fingerprint density at radius 3 is 2.54 bits per heavy atom. The maximum Gasteiger partial charge on any atom is 0.411 e. The average Bonchev–Trinajstić information content (AvgIpc) is 2.04. The number of unbranched alkanes of at least 4 members (excludes halogenated alkanes) is 1. The molecule has 0 aliphatic carbocycles. The predicted molar refractivity (Wildman–Crippen MR) is 46.9 cm³/mol. The first-order chi connectivity index (χ1) is 6.02. The molecule has 0 unspecified atom stereocenters. The van der Waals surface area contributed by atoms with Crippen LogP contribution in [0.1, 0.15) is 33.1 Å². The summed E-state index contributed by atoms with van der Waals surface area (Å²) in [5, 5.41) is 20.2. The Hall–Kier alpha value is -0.810. The molecule has 0 saturated heterocycles. The number of carbonyl (C=O) groups excluding carboxylic acids is 1. The topological polar surface area (TPSA) is 78.8 Å². The van der Waals surface area contributed by atoms with E-state index >= 15 is 0 Å². The van der Waals surface area contributed by atoms with E-state index in [1.165, 1.54) is 6.92 Å². The molecular weight excluding hydrogens is 174 g/mol. The second kappa shape index (κ2) is 5.77. The zero-order chi connectivity index (χ0) is 10.3. The van der Waals surface area contributed by atoms with Crippen molar-refractivity contribution in [3.05, 3.63) is 0 Å². The number of ether oxygens (including phenoxy) is 1. The lowest BCUT2D eigenvalue weighted by molar-refractivity contribution is -0.307. The first-order valence-electron chi connectivity index (χ1n) is 4.43. The van der Waals surface area contributed by atoms with Crippen LogP contribution in [0.25, 0.3) is 0 Å². The quantitative estimate of drug-likeness (QED) is 0.438. The molecule has 0 bridgehead atoms. The van der Waals surface area contributed by atoms with Gasteiger partial charge in [-0.3, -0.25) is 0 Å². The summed E-state index contributed by atoms with van der Waals surface area (Å²) in [7, 11) is 0. The number of rotatable bonds is 5. The molecule has 0 atom stereocenters. The average molecular weight is 191 g/mol. The first kappa shape index (κ1) is 12.2. The van der Waals surface area contributed by atoms with Gasteiger partial charge in [-0.2, -0.15) is 0 Å². The molecule has 0 spiro atoms. The van der Waals surface area contributed by atoms with Gasteiger partial charge in [-0.05, 0) is 6.42 Å². The summed E-state index contributed by atoms with van der Waals surface area (Å²) < 4.78 is 4.29. The van der Waals surface area contributed by atoms with E-state index in [0.717, 1.165) is 12.8 Å². The van der Waals surface area contributed by atoms with Gasteiger partial charge in [0.2, 0.25) is 0 Å². The summed E-state index contributed by atoms with van der Waals surface area (Å²) in [6.45, 7) is 3.97. The van der Waals surface area contributed by atoms with Crippen molar-refractivity contribution in [2.75, 3.05) is 6.54 Å². The third-order valence-electron chi connectivity index (χ3n) is 1.52. The van der Waals surface area contributed by atoms with E-state index in [4.69, 9.17) is 10.2 Å². The Morgan fingerprint density at radius 2 is 2.08 bits per heavy atom. The Morgan fingerprint density at radius 1 is 1.46 bits per heavy atom. The Bertz CT molecular complexity index is 158. The van der Waals surface area contributed by atoms with E-state index in [2.05, 4.69) is 10.1 Å². The molecule has 0 fully saturated rings. The molecule has 78 valence electrons. The Labute approximate surface area is 77.7 Å². The molecule has 0 aromatic carbocycles. The summed E-state index contributed by atoms with van der Waals surface area (Å²) in [5.41, 5.74) is 0. The van der Waals surface area contributed by atoms with E-state index in [9.17, 15) is 4.79 Å². The van der Waals surface area contributed by atoms with Gasteiger partial charge in [-0.1, -0.05) is 20.3 Å². The lowest BCUT2D eigenvalue weighted by atomic mass is 10.3. The van der Waals surface area contributed by atoms with Gasteiger partial charge in [0.05, 0.1) is 0 Å². The molecule has 5 nitrogen and oxygen atoms in total. The molecule has 1 amide bonds. The minimum absolute atomic E-state index is 0.0613. The van der Waals surface area contributed by atoms with Gasteiger partial charge in [0.1, 0.15) is 0 Å². The molecule has 13 heavy (non-hydrogen) atoms. The highest BCUT2D eigenvalue weighted by molar-refractivity contribution is 5.67. The monoisotopic (exact) mass is 191 g/mol. The second-order valence-electron chi connectivity index (χ2n) is 2.77. The minimum Gasteiger partial charge on any atom is -0.392 e. The van der Waals surface area contributed by atoms with Crippen molar-refractivity contribution in [3.63, 3.8) is 0 Å². The van der Waals surface area contributed by atoms with E-state index in [1.807, 2.05) is 6.92 Å². The Balaban J connectivity index is 3.62. The van der Waals surface area contributed by atoms with Gasteiger partial charge in [-0.25, -0.2) is 4.79 Å². The lowest BCUT2D eigenvalue weighted by Gasteiger charge is -2.19. The van der Waals surface area contributed by atoms with Crippen molar-refractivity contribution in [1.29, 1.82) is 0 Å². The molecule has 0 rings (SSSR count). The fraction of sp³-hybridized carbons (Fsp3) is 0.875. The van der Waals surface area contributed by atoms with Crippen LogP contribution < -0.4 is 5.32 Å². The van der Waals surface area contributed by atoms with Gasteiger partial charge >= 0.3 is 12.1 Å². The van der Waals surface area contributed by atoms with Gasteiger partial charge in [-0.15, -0.1) is 0 Å². The van der Waals surface area contributed by atoms with Gasteiger partial charge in [0.15, 0.2) is 0 Å². The summed E-state index contributed by atoms with van der Waals surface area (Å²) in [5.74, 6) is -2.35. The standard InChI is InChI=1S/C8H17NO4/c1-3-5-6-9-7(10)13-8(11,12)4-2/h11-12H,3-6H2,1-2H3,(H,9,10). The molecule has 0 aliphatic heterocycles. The van der Waals surface area contributed by atoms with Crippen LogP contribution in [0.5, 0.6) is 0 Å². The van der Waals surface area contributed by atoms with E-state index in [0.29, 0.717) is 6.54 Å². The van der Waals surface area contributed by atoms with Crippen molar-refractivity contribution in [2.45, 2.75) is 39.1 Å². The molecule has 0 heterocycles. The van der Waals surface area contributed by atoms with Crippen LogP contribution in [0.4, 0.5) is 4.79 Å². The molecule has 0 radical (unpaired) electrons. The summed E-state index contributed by atoms with van der Waals surface area (Å²) >= 11 is 0. The second-order valence-corrected chi connectivity index (χ2v) is 2.77. The van der Waals surface area contributed by atoms with Crippen molar-refractivity contribution in [2.24, 2.45) is 0 Å². The number of amides is 1. The predicted octanol–water partition coefficient (Wildman–Crippen LogP) is 0.561. The van der Waals surface area contributed by atoms with Crippen LogP contribution in [0.15, 0.2) is 0 Å². The van der Waals surface area contributed by atoms with Crippen LogP contribution in [-0.2, 0) is 4.74 Å². The maximum absolute atomic E-state index is 10.8. The van der Waals surface area contributed by atoms with E-state index < -0.39 is 12.1 Å². The number of hydrogen-bond acceptors (Lipinski definition) is 4. The zero-order valence-corrected chi connectivity index (χ0v) is 8.04. The summed E-state index contributed by atoms with van der Waals surface area (Å²) in [4.78, 5) is 10.8. The Kier molecular flexibility index (Phi) is 5.41. The van der Waals surface area contributed by atoms with Crippen LogP contribution in [0.2, 0.25) is 0 Å². The maximum atomic E-state index is 10.8. The van der Waals surface area contributed by atoms with Gasteiger partial charge in [0.25, 0.3) is 0 Å². The van der Waals surface area contributed by atoms with Crippen molar-refractivity contribution >= 4 is 6.09 Å². The molecule has 5 heteroatoms. The van der Waals surface area contributed by atoms with Crippen LogP contribution in [0, 0.1) is 0 Å². The summed E-state index contributed by atoms with van der Waals surface area (Å²) in [6.07, 6.45) is 0.928.